The topological polar surface area (TPSA) is 96.3 Å². The van der Waals surface area contributed by atoms with Gasteiger partial charge in [-0.1, -0.05) is 23.8 Å². The summed E-state index contributed by atoms with van der Waals surface area (Å²) in [7, 11) is -3.67. The quantitative estimate of drug-likeness (QED) is 0.418. The SMILES string of the molecule is Cc1ccc(C)c(CNc2cc(C(=O)NCCCn3ccnc3)cc(S(=O)(=O)N3CCCC3)c2)c1. The largest absolute Gasteiger partial charge is 0.381 e. The Morgan fingerprint density at radius 3 is 2.63 bits per heavy atom. The van der Waals surface area contributed by atoms with Crippen LogP contribution >= 0.6 is 0 Å². The van der Waals surface area contributed by atoms with Crippen LogP contribution in [-0.4, -0.2) is 47.8 Å². The molecular formula is C26H33N5O3S. The van der Waals surface area contributed by atoms with Gasteiger partial charge >= 0.3 is 0 Å². The fourth-order valence-electron chi connectivity index (χ4n) is 4.23. The second kappa shape index (κ2) is 11.0. The van der Waals surface area contributed by atoms with E-state index in [9.17, 15) is 13.2 Å². The van der Waals surface area contributed by atoms with E-state index in [1.165, 1.54) is 10.4 Å². The van der Waals surface area contributed by atoms with E-state index < -0.39 is 10.0 Å². The number of aromatic nitrogens is 2. The molecule has 8 nitrogen and oxygen atoms in total. The standard InChI is InChI=1S/C26H33N5O3S/c1-20-6-7-21(2)23(14-20)18-29-24-15-22(26(32)28-8-5-10-30-13-9-27-19-30)16-25(17-24)35(33,34)31-11-3-4-12-31/h6-7,9,13-17,19,29H,3-5,8,10-12,18H2,1-2H3,(H,28,32). The highest BCUT2D eigenvalue weighted by Gasteiger charge is 2.28. The molecule has 1 aromatic heterocycles. The van der Waals surface area contributed by atoms with E-state index in [4.69, 9.17) is 0 Å². The van der Waals surface area contributed by atoms with E-state index in [1.54, 1.807) is 24.7 Å². The summed E-state index contributed by atoms with van der Waals surface area (Å²) in [5.74, 6) is -0.288. The molecule has 0 radical (unpaired) electrons. The molecule has 0 aliphatic carbocycles. The van der Waals surface area contributed by atoms with Crippen LogP contribution in [0.15, 0.2) is 60.0 Å². The van der Waals surface area contributed by atoms with E-state index in [1.807, 2.05) is 24.6 Å². The van der Waals surface area contributed by atoms with Crippen molar-refractivity contribution in [2.45, 2.75) is 51.1 Å². The molecule has 1 fully saturated rings. The van der Waals surface area contributed by atoms with Crippen LogP contribution in [0.1, 0.15) is 46.3 Å². The summed E-state index contributed by atoms with van der Waals surface area (Å²) in [5, 5.41) is 6.26. The predicted molar refractivity (Wildman–Crippen MR) is 137 cm³/mol. The van der Waals surface area contributed by atoms with Crippen LogP contribution in [0, 0.1) is 13.8 Å². The molecule has 1 aliphatic rings. The van der Waals surface area contributed by atoms with Crippen molar-refractivity contribution in [2.75, 3.05) is 25.0 Å². The third-order valence-electron chi connectivity index (χ3n) is 6.30. The fourth-order valence-corrected chi connectivity index (χ4v) is 5.82. The minimum Gasteiger partial charge on any atom is -0.381 e. The van der Waals surface area contributed by atoms with Crippen molar-refractivity contribution in [3.8, 4) is 0 Å². The minimum absolute atomic E-state index is 0.147. The zero-order valence-electron chi connectivity index (χ0n) is 20.3. The molecule has 3 aromatic rings. The van der Waals surface area contributed by atoms with Gasteiger partial charge in [0.05, 0.1) is 11.2 Å². The maximum atomic E-state index is 13.3. The lowest BCUT2D eigenvalue weighted by atomic mass is 10.1. The zero-order chi connectivity index (χ0) is 24.8. The van der Waals surface area contributed by atoms with E-state index in [2.05, 4.69) is 33.8 Å². The molecule has 1 saturated heterocycles. The number of nitrogens with zero attached hydrogens (tertiary/aromatic N) is 3. The van der Waals surface area contributed by atoms with Crippen LogP contribution in [0.25, 0.3) is 0 Å². The number of imidazole rings is 1. The third kappa shape index (κ3) is 6.29. The van der Waals surface area contributed by atoms with Gasteiger partial charge in [-0.05, 0) is 62.4 Å². The third-order valence-corrected chi connectivity index (χ3v) is 8.17. The summed E-state index contributed by atoms with van der Waals surface area (Å²) in [6, 6.07) is 11.1. The van der Waals surface area contributed by atoms with Crippen molar-refractivity contribution < 1.29 is 13.2 Å². The first-order chi connectivity index (χ1) is 16.8. The number of benzene rings is 2. The van der Waals surface area contributed by atoms with Crippen LogP contribution in [0.2, 0.25) is 0 Å². The van der Waals surface area contributed by atoms with Crippen LogP contribution in [0.4, 0.5) is 5.69 Å². The Balaban J connectivity index is 1.53. The zero-order valence-corrected chi connectivity index (χ0v) is 21.1. The number of hydrogen-bond donors (Lipinski definition) is 2. The number of nitrogens with one attached hydrogen (secondary N) is 2. The molecule has 2 N–H and O–H groups in total. The molecule has 0 unspecified atom stereocenters. The second-order valence-electron chi connectivity index (χ2n) is 9.05. The normalized spacial score (nSPS) is 14.2. The molecule has 2 aromatic carbocycles. The molecule has 0 saturated carbocycles. The summed E-state index contributed by atoms with van der Waals surface area (Å²) in [4.78, 5) is 17.1. The summed E-state index contributed by atoms with van der Waals surface area (Å²) in [6.07, 6.45) is 7.79. The van der Waals surface area contributed by atoms with Gasteiger partial charge in [0.2, 0.25) is 10.0 Å². The first-order valence-corrected chi connectivity index (χ1v) is 13.5. The second-order valence-corrected chi connectivity index (χ2v) is 11.0. The van der Waals surface area contributed by atoms with Crippen LogP contribution in [0.5, 0.6) is 0 Å². The number of anilines is 1. The van der Waals surface area contributed by atoms with Crippen molar-refractivity contribution in [3.63, 3.8) is 0 Å². The van der Waals surface area contributed by atoms with Crippen molar-refractivity contribution in [2.24, 2.45) is 0 Å². The number of aryl methyl sites for hydroxylation is 3. The van der Waals surface area contributed by atoms with Gasteiger partial charge in [-0.15, -0.1) is 0 Å². The number of rotatable bonds is 10. The van der Waals surface area contributed by atoms with Gasteiger partial charge < -0.3 is 15.2 Å². The van der Waals surface area contributed by atoms with E-state index in [0.29, 0.717) is 37.4 Å². The summed E-state index contributed by atoms with van der Waals surface area (Å²) in [5.41, 5.74) is 4.38. The Labute approximate surface area is 207 Å². The molecule has 0 atom stereocenters. The summed E-state index contributed by atoms with van der Waals surface area (Å²) < 4.78 is 30.0. The molecule has 1 aliphatic heterocycles. The lowest BCUT2D eigenvalue weighted by molar-refractivity contribution is 0.0952. The average molecular weight is 496 g/mol. The van der Waals surface area contributed by atoms with Crippen LogP contribution < -0.4 is 10.6 Å². The van der Waals surface area contributed by atoms with Crippen molar-refractivity contribution in [1.29, 1.82) is 0 Å². The van der Waals surface area contributed by atoms with Crippen molar-refractivity contribution in [1.82, 2.24) is 19.2 Å². The summed E-state index contributed by atoms with van der Waals surface area (Å²) in [6.45, 7) is 6.87. The fraction of sp³-hybridized carbons (Fsp3) is 0.385. The number of carbonyl (C=O) groups excluding carboxylic acids is 1. The lowest BCUT2D eigenvalue weighted by Crippen LogP contribution is -2.29. The van der Waals surface area contributed by atoms with Gasteiger partial charge in [-0.2, -0.15) is 4.31 Å². The molecule has 0 spiro atoms. The molecule has 186 valence electrons. The van der Waals surface area contributed by atoms with Gasteiger partial charge in [0.1, 0.15) is 0 Å². The number of carbonyl (C=O) groups is 1. The highest BCUT2D eigenvalue weighted by molar-refractivity contribution is 7.89. The molecule has 35 heavy (non-hydrogen) atoms. The van der Waals surface area contributed by atoms with Gasteiger partial charge in [-0.3, -0.25) is 4.79 Å². The Morgan fingerprint density at radius 2 is 1.89 bits per heavy atom. The molecule has 2 heterocycles. The number of hydrogen-bond acceptors (Lipinski definition) is 5. The Bertz CT molecular complexity index is 1270. The van der Waals surface area contributed by atoms with Gasteiger partial charge in [0.25, 0.3) is 5.91 Å². The van der Waals surface area contributed by atoms with E-state index in [0.717, 1.165) is 42.5 Å². The molecule has 1 amide bonds. The molecular weight excluding hydrogens is 462 g/mol. The monoisotopic (exact) mass is 495 g/mol. The molecule has 0 bridgehead atoms. The Morgan fingerprint density at radius 1 is 1.09 bits per heavy atom. The number of amides is 1. The van der Waals surface area contributed by atoms with Crippen molar-refractivity contribution >= 4 is 21.6 Å². The minimum atomic E-state index is -3.67. The average Bonchev–Trinajstić information content (AvgIpc) is 3.57. The lowest BCUT2D eigenvalue weighted by Gasteiger charge is -2.18. The maximum Gasteiger partial charge on any atom is 0.251 e. The first-order valence-electron chi connectivity index (χ1n) is 12.0. The van der Waals surface area contributed by atoms with Gasteiger partial charge in [0, 0.05) is 56.4 Å². The van der Waals surface area contributed by atoms with E-state index in [-0.39, 0.29) is 10.8 Å². The Hall–Kier alpha value is -3.17. The van der Waals surface area contributed by atoms with Crippen LogP contribution in [0.3, 0.4) is 0 Å². The van der Waals surface area contributed by atoms with Crippen molar-refractivity contribution in [3.05, 3.63) is 77.4 Å². The maximum absolute atomic E-state index is 13.3. The molecule has 9 heteroatoms. The van der Waals surface area contributed by atoms with Gasteiger partial charge in [0.15, 0.2) is 0 Å². The van der Waals surface area contributed by atoms with Gasteiger partial charge in [-0.25, -0.2) is 13.4 Å². The molecule has 4 rings (SSSR count). The van der Waals surface area contributed by atoms with E-state index >= 15 is 0 Å². The van der Waals surface area contributed by atoms with Crippen LogP contribution in [-0.2, 0) is 23.1 Å². The summed E-state index contributed by atoms with van der Waals surface area (Å²) >= 11 is 0. The Kier molecular flexibility index (Phi) is 7.87. The smallest absolute Gasteiger partial charge is 0.251 e. The first kappa shape index (κ1) is 24.9. The highest BCUT2D eigenvalue weighted by atomic mass is 32.2. The number of sulfonamides is 1. The predicted octanol–water partition coefficient (Wildman–Crippen LogP) is 3.72. The highest BCUT2D eigenvalue weighted by Crippen LogP contribution is 2.26.